The number of likely N-dealkylation sites (tertiary alicyclic amines) is 1. The molecule has 0 aliphatic carbocycles. The molecule has 0 radical (unpaired) electrons. The molecule has 1 aromatic carbocycles. The smallest absolute Gasteiger partial charge is 0.230 e. The number of amides is 1. The van der Waals surface area contributed by atoms with E-state index in [1.807, 2.05) is 25.2 Å². The second kappa shape index (κ2) is 8.33. The number of carbonyl (C=O) groups excluding carboxylic acids is 1. The summed E-state index contributed by atoms with van der Waals surface area (Å²) in [6, 6.07) is 10.2. The van der Waals surface area contributed by atoms with E-state index in [9.17, 15) is 4.79 Å². The Morgan fingerprint density at radius 1 is 1.23 bits per heavy atom. The third-order valence-electron chi connectivity index (χ3n) is 4.82. The first-order valence-electron chi connectivity index (χ1n) is 8.61. The molecule has 1 atom stereocenters. The van der Waals surface area contributed by atoms with Crippen LogP contribution in [0.4, 0.5) is 0 Å². The zero-order valence-electron chi connectivity index (χ0n) is 14.2. The molecule has 0 saturated carbocycles. The molecule has 1 N–H and O–H groups in total. The Labute approximate surface area is 135 Å². The van der Waals surface area contributed by atoms with Gasteiger partial charge in [-0.05, 0) is 50.3 Å². The number of hydrogen-bond acceptors (Lipinski definition) is 2. The molecule has 22 heavy (non-hydrogen) atoms. The van der Waals surface area contributed by atoms with Gasteiger partial charge in [0.1, 0.15) is 0 Å². The summed E-state index contributed by atoms with van der Waals surface area (Å²) in [6.45, 7) is 7.22. The van der Waals surface area contributed by atoms with Crippen molar-refractivity contribution in [3.8, 4) is 0 Å². The van der Waals surface area contributed by atoms with E-state index >= 15 is 0 Å². The number of nitrogens with one attached hydrogen (secondary N) is 1. The standard InChI is InChI=1S/C19H30N2O/c1-15(2)18(17-7-5-4-6-8-17)19(22)21-13-10-16(11-14-21)9-12-20-3/h4-8,15-16,18,20H,9-14H2,1-3H3. The van der Waals surface area contributed by atoms with Gasteiger partial charge in [-0.3, -0.25) is 4.79 Å². The minimum absolute atomic E-state index is 0.00458. The fraction of sp³-hybridized carbons (Fsp3) is 0.632. The number of nitrogens with zero attached hydrogens (tertiary/aromatic N) is 1. The fourth-order valence-corrected chi connectivity index (χ4v) is 3.46. The first kappa shape index (κ1) is 17.0. The first-order chi connectivity index (χ1) is 10.6. The zero-order chi connectivity index (χ0) is 15.9. The van der Waals surface area contributed by atoms with E-state index < -0.39 is 0 Å². The van der Waals surface area contributed by atoms with Crippen molar-refractivity contribution in [3.63, 3.8) is 0 Å². The largest absolute Gasteiger partial charge is 0.342 e. The lowest BCUT2D eigenvalue weighted by Gasteiger charge is -2.35. The van der Waals surface area contributed by atoms with E-state index in [2.05, 4.69) is 36.2 Å². The Balaban J connectivity index is 1.98. The van der Waals surface area contributed by atoms with Crippen molar-refractivity contribution in [3.05, 3.63) is 35.9 Å². The average Bonchev–Trinajstić information content (AvgIpc) is 2.54. The van der Waals surface area contributed by atoms with Crippen molar-refractivity contribution in [1.29, 1.82) is 0 Å². The average molecular weight is 302 g/mol. The summed E-state index contributed by atoms with van der Waals surface area (Å²) in [5, 5.41) is 3.22. The second-order valence-corrected chi connectivity index (χ2v) is 6.79. The molecule has 1 aliphatic heterocycles. The van der Waals surface area contributed by atoms with E-state index in [-0.39, 0.29) is 5.92 Å². The molecule has 1 saturated heterocycles. The van der Waals surface area contributed by atoms with Crippen LogP contribution in [0.15, 0.2) is 30.3 Å². The molecule has 0 aromatic heterocycles. The highest BCUT2D eigenvalue weighted by Gasteiger charge is 2.30. The van der Waals surface area contributed by atoms with Crippen LogP contribution in [0.25, 0.3) is 0 Å². The highest BCUT2D eigenvalue weighted by Crippen LogP contribution is 2.29. The van der Waals surface area contributed by atoms with Gasteiger partial charge in [0.25, 0.3) is 0 Å². The van der Waals surface area contributed by atoms with Crippen LogP contribution in [0.5, 0.6) is 0 Å². The maximum atomic E-state index is 13.0. The number of carbonyl (C=O) groups is 1. The molecule has 1 aromatic rings. The van der Waals surface area contributed by atoms with E-state index in [1.165, 1.54) is 6.42 Å². The number of benzene rings is 1. The minimum atomic E-state index is -0.00458. The van der Waals surface area contributed by atoms with Gasteiger partial charge in [0.15, 0.2) is 0 Å². The normalized spacial score (nSPS) is 17.7. The lowest BCUT2D eigenvalue weighted by molar-refractivity contribution is -0.135. The van der Waals surface area contributed by atoms with Crippen molar-refractivity contribution in [2.24, 2.45) is 11.8 Å². The number of hydrogen-bond donors (Lipinski definition) is 1. The van der Waals surface area contributed by atoms with Crippen molar-refractivity contribution in [1.82, 2.24) is 10.2 Å². The van der Waals surface area contributed by atoms with Gasteiger partial charge in [-0.25, -0.2) is 0 Å². The molecule has 1 amide bonds. The summed E-state index contributed by atoms with van der Waals surface area (Å²) < 4.78 is 0. The Hall–Kier alpha value is -1.35. The topological polar surface area (TPSA) is 32.3 Å². The molecule has 0 bridgehead atoms. The quantitative estimate of drug-likeness (QED) is 0.874. The molecule has 1 fully saturated rings. The summed E-state index contributed by atoms with van der Waals surface area (Å²) in [4.78, 5) is 15.1. The summed E-state index contributed by atoms with van der Waals surface area (Å²) in [7, 11) is 2.01. The Morgan fingerprint density at radius 3 is 2.41 bits per heavy atom. The predicted molar refractivity (Wildman–Crippen MR) is 91.9 cm³/mol. The molecule has 3 nitrogen and oxygen atoms in total. The summed E-state index contributed by atoms with van der Waals surface area (Å²) in [5.41, 5.74) is 1.15. The van der Waals surface area contributed by atoms with Crippen LogP contribution in [0, 0.1) is 11.8 Å². The van der Waals surface area contributed by atoms with Gasteiger partial charge in [0, 0.05) is 13.1 Å². The van der Waals surface area contributed by atoms with Crippen molar-refractivity contribution < 1.29 is 4.79 Å². The monoisotopic (exact) mass is 302 g/mol. The molecule has 3 heteroatoms. The maximum absolute atomic E-state index is 13.0. The van der Waals surface area contributed by atoms with Crippen LogP contribution >= 0.6 is 0 Å². The summed E-state index contributed by atoms with van der Waals surface area (Å²) in [5.74, 6) is 1.41. The Kier molecular flexibility index (Phi) is 6.44. The molecule has 1 aliphatic rings. The number of piperidine rings is 1. The van der Waals surface area contributed by atoms with Crippen LogP contribution in [-0.2, 0) is 4.79 Å². The van der Waals surface area contributed by atoms with Gasteiger partial charge in [0.05, 0.1) is 5.92 Å². The molecule has 1 heterocycles. The third kappa shape index (κ3) is 4.33. The minimum Gasteiger partial charge on any atom is -0.342 e. The highest BCUT2D eigenvalue weighted by atomic mass is 16.2. The molecular formula is C19H30N2O. The van der Waals surface area contributed by atoms with E-state index in [0.717, 1.165) is 44.0 Å². The van der Waals surface area contributed by atoms with Crippen molar-refractivity contribution in [2.75, 3.05) is 26.7 Å². The lowest BCUT2D eigenvalue weighted by atomic mass is 9.86. The van der Waals surface area contributed by atoms with Crippen LogP contribution in [-0.4, -0.2) is 37.5 Å². The summed E-state index contributed by atoms with van der Waals surface area (Å²) >= 11 is 0. The number of rotatable bonds is 6. The zero-order valence-corrected chi connectivity index (χ0v) is 14.2. The molecule has 0 spiro atoms. The predicted octanol–water partition coefficient (Wildman–Crippen LogP) is 3.27. The van der Waals surface area contributed by atoms with Crippen LogP contribution in [0.1, 0.15) is 44.6 Å². The highest BCUT2D eigenvalue weighted by molar-refractivity contribution is 5.84. The van der Waals surface area contributed by atoms with Gasteiger partial charge in [-0.1, -0.05) is 44.2 Å². The van der Waals surface area contributed by atoms with Crippen LogP contribution in [0.3, 0.4) is 0 Å². The van der Waals surface area contributed by atoms with E-state index in [4.69, 9.17) is 0 Å². The molecule has 122 valence electrons. The molecular weight excluding hydrogens is 272 g/mol. The first-order valence-corrected chi connectivity index (χ1v) is 8.61. The van der Waals surface area contributed by atoms with Gasteiger partial charge in [0.2, 0.25) is 5.91 Å². The van der Waals surface area contributed by atoms with E-state index in [0.29, 0.717) is 11.8 Å². The molecule has 1 unspecified atom stereocenters. The lowest BCUT2D eigenvalue weighted by Crippen LogP contribution is -2.42. The van der Waals surface area contributed by atoms with Gasteiger partial charge in [-0.2, -0.15) is 0 Å². The molecule has 2 rings (SSSR count). The Morgan fingerprint density at radius 2 is 1.86 bits per heavy atom. The van der Waals surface area contributed by atoms with Crippen LogP contribution < -0.4 is 5.32 Å². The van der Waals surface area contributed by atoms with Crippen molar-refractivity contribution >= 4 is 5.91 Å². The van der Waals surface area contributed by atoms with Crippen molar-refractivity contribution in [2.45, 2.75) is 39.0 Å². The van der Waals surface area contributed by atoms with Gasteiger partial charge in [-0.15, -0.1) is 0 Å². The van der Waals surface area contributed by atoms with Gasteiger partial charge < -0.3 is 10.2 Å². The fourth-order valence-electron chi connectivity index (χ4n) is 3.46. The van der Waals surface area contributed by atoms with Gasteiger partial charge >= 0.3 is 0 Å². The Bertz CT molecular complexity index is 450. The van der Waals surface area contributed by atoms with E-state index in [1.54, 1.807) is 0 Å². The third-order valence-corrected chi connectivity index (χ3v) is 4.82. The SMILES string of the molecule is CNCCC1CCN(C(=O)C(c2ccccc2)C(C)C)CC1. The maximum Gasteiger partial charge on any atom is 0.230 e. The van der Waals surface area contributed by atoms with Crippen LogP contribution in [0.2, 0.25) is 0 Å². The summed E-state index contributed by atoms with van der Waals surface area (Å²) in [6.07, 6.45) is 3.52. The second-order valence-electron chi connectivity index (χ2n) is 6.79.